The van der Waals surface area contributed by atoms with Gasteiger partial charge in [0.15, 0.2) is 0 Å². The van der Waals surface area contributed by atoms with Gasteiger partial charge in [0.1, 0.15) is 10.7 Å². The van der Waals surface area contributed by atoms with Gasteiger partial charge in [0, 0.05) is 17.7 Å². The van der Waals surface area contributed by atoms with Crippen molar-refractivity contribution in [1.29, 1.82) is 0 Å². The number of hydrogen-bond acceptors (Lipinski definition) is 4. The van der Waals surface area contributed by atoms with Gasteiger partial charge < -0.3 is 10.2 Å². The summed E-state index contributed by atoms with van der Waals surface area (Å²) in [6, 6.07) is 18.5. The minimum atomic E-state index is -1.01. The highest BCUT2D eigenvalue weighted by Crippen LogP contribution is 2.32. The van der Waals surface area contributed by atoms with E-state index in [-0.39, 0.29) is 30.1 Å². The van der Waals surface area contributed by atoms with E-state index in [2.05, 4.69) is 0 Å². The Labute approximate surface area is 155 Å². The monoisotopic (exact) mass is 366 g/mol. The lowest BCUT2D eigenvalue weighted by molar-refractivity contribution is -0.117. The van der Waals surface area contributed by atoms with E-state index in [9.17, 15) is 14.7 Å². The van der Waals surface area contributed by atoms with Crippen LogP contribution in [0.3, 0.4) is 0 Å². The fourth-order valence-corrected chi connectivity index (χ4v) is 3.78. The first-order chi connectivity index (χ1) is 12.6. The Morgan fingerprint density at radius 2 is 1.54 bits per heavy atom. The molecule has 0 bridgehead atoms. The lowest BCUT2D eigenvalue weighted by atomic mass is 10.0. The van der Waals surface area contributed by atoms with Gasteiger partial charge in [-0.1, -0.05) is 54.6 Å². The first-order valence-corrected chi connectivity index (χ1v) is 9.00. The number of thiophene rings is 1. The Hall–Kier alpha value is -2.76. The molecule has 132 valence electrons. The third-order valence-electron chi connectivity index (χ3n) is 4.06. The molecular formula is C21H18O4S. The number of carboxylic acids is 1. The number of carboxylic acid groups (broad SMARTS) is 1. The Bertz CT molecular complexity index is 911. The van der Waals surface area contributed by atoms with E-state index in [0.717, 1.165) is 21.6 Å². The molecule has 0 fully saturated rings. The second-order valence-corrected chi connectivity index (χ2v) is 7.06. The van der Waals surface area contributed by atoms with Crippen molar-refractivity contribution in [3.05, 3.63) is 82.2 Å². The van der Waals surface area contributed by atoms with Gasteiger partial charge in [0.25, 0.3) is 0 Å². The van der Waals surface area contributed by atoms with Crippen molar-refractivity contribution >= 4 is 23.1 Å². The Balaban J connectivity index is 1.78. The van der Waals surface area contributed by atoms with Crippen LogP contribution in [0.4, 0.5) is 0 Å². The molecule has 0 saturated heterocycles. The van der Waals surface area contributed by atoms with Crippen LogP contribution in [0, 0.1) is 0 Å². The molecule has 1 heterocycles. The standard InChI is InChI=1S/C21H18O4S/c22-13-15-8-6-14(7-9-15)10-18(23)11-17-12-19(26-20(17)21(24)25)16-4-2-1-3-5-16/h1-9,12,22H,10-11,13H2,(H,24,25). The number of ketones is 1. The van der Waals surface area contributed by atoms with E-state index < -0.39 is 5.97 Å². The van der Waals surface area contributed by atoms with E-state index in [4.69, 9.17) is 5.11 Å². The average molecular weight is 366 g/mol. The molecule has 2 N–H and O–H groups in total. The summed E-state index contributed by atoms with van der Waals surface area (Å²) in [5.74, 6) is -1.05. The number of carbonyl (C=O) groups excluding carboxylic acids is 1. The fourth-order valence-electron chi connectivity index (χ4n) is 2.75. The Morgan fingerprint density at radius 1 is 0.885 bits per heavy atom. The molecule has 2 aromatic carbocycles. The minimum Gasteiger partial charge on any atom is -0.477 e. The average Bonchev–Trinajstić information content (AvgIpc) is 3.07. The number of carbonyl (C=O) groups is 2. The van der Waals surface area contributed by atoms with Crippen molar-refractivity contribution in [2.45, 2.75) is 19.4 Å². The summed E-state index contributed by atoms with van der Waals surface area (Å²) in [5, 5.41) is 18.5. The molecule has 3 aromatic rings. The molecule has 0 spiro atoms. The normalized spacial score (nSPS) is 10.7. The van der Waals surface area contributed by atoms with Crippen LogP contribution in [-0.2, 0) is 24.2 Å². The van der Waals surface area contributed by atoms with Gasteiger partial charge in [-0.25, -0.2) is 4.79 Å². The van der Waals surface area contributed by atoms with Gasteiger partial charge in [-0.15, -0.1) is 11.3 Å². The summed E-state index contributed by atoms with van der Waals surface area (Å²) in [6.45, 7) is -0.0344. The highest BCUT2D eigenvalue weighted by atomic mass is 32.1. The highest BCUT2D eigenvalue weighted by Gasteiger charge is 2.18. The molecule has 0 amide bonds. The van der Waals surface area contributed by atoms with Gasteiger partial charge in [-0.3, -0.25) is 4.79 Å². The van der Waals surface area contributed by atoms with E-state index in [1.807, 2.05) is 42.5 Å². The van der Waals surface area contributed by atoms with Crippen LogP contribution in [0.1, 0.15) is 26.4 Å². The molecule has 26 heavy (non-hydrogen) atoms. The molecule has 0 aliphatic heterocycles. The maximum atomic E-state index is 12.4. The van der Waals surface area contributed by atoms with Crippen LogP contribution >= 0.6 is 11.3 Å². The van der Waals surface area contributed by atoms with Crippen molar-refractivity contribution in [1.82, 2.24) is 0 Å². The summed E-state index contributed by atoms with van der Waals surface area (Å²) < 4.78 is 0. The summed E-state index contributed by atoms with van der Waals surface area (Å²) in [5.41, 5.74) is 3.14. The van der Waals surface area contributed by atoms with Crippen LogP contribution in [0.15, 0.2) is 60.7 Å². The molecular weight excluding hydrogens is 348 g/mol. The molecule has 0 radical (unpaired) electrons. The third kappa shape index (κ3) is 4.25. The third-order valence-corrected chi connectivity index (χ3v) is 5.27. The molecule has 4 nitrogen and oxygen atoms in total. The molecule has 5 heteroatoms. The Morgan fingerprint density at radius 3 is 2.15 bits per heavy atom. The van der Waals surface area contributed by atoms with Gasteiger partial charge in [-0.2, -0.15) is 0 Å². The van der Waals surface area contributed by atoms with Gasteiger partial charge in [0.05, 0.1) is 6.61 Å². The number of Topliss-reactive ketones (excluding diaryl/α,β-unsaturated/α-hetero) is 1. The second-order valence-electron chi connectivity index (χ2n) is 6.00. The van der Waals surface area contributed by atoms with E-state index in [0.29, 0.717) is 5.56 Å². The van der Waals surface area contributed by atoms with E-state index >= 15 is 0 Å². The van der Waals surface area contributed by atoms with Crippen molar-refractivity contribution in [3.63, 3.8) is 0 Å². The topological polar surface area (TPSA) is 74.6 Å². The predicted molar refractivity (Wildman–Crippen MR) is 101 cm³/mol. The molecule has 0 unspecified atom stereocenters. The molecule has 1 aromatic heterocycles. The lowest BCUT2D eigenvalue weighted by Crippen LogP contribution is -2.08. The van der Waals surface area contributed by atoms with Crippen LogP contribution in [-0.4, -0.2) is 22.0 Å². The van der Waals surface area contributed by atoms with Gasteiger partial charge >= 0.3 is 5.97 Å². The van der Waals surface area contributed by atoms with Crippen molar-refractivity contribution in [3.8, 4) is 10.4 Å². The molecule has 0 aliphatic carbocycles. The smallest absolute Gasteiger partial charge is 0.346 e. The maximum absolute atomic E-state index is 12.4. The predicted octanol–water partition coefficient (Wildman–Crippen LogP) is 3.96. The largest absolute Gasteiger partial charge is 0.477 e. The molecule has 0 saturated carbocycles. The van der Waals surface area contributed by atoms with Crippen LogP contribution < -0.4 is 0 Å². The minimum absolute atomic E-state index is 0.0344. The molecule has 3 rings (SSSR count). The van der Waals surface area contributed by atoms with Crippen molar-refractivity contribution in [2.75, 3.05) is 0 Å². The van der Waals surface area contributed by atoms with Crippen molar-refractivity contribution in [2.24, 2.45) is 0 Å². The van der Waals surface area contributed by atoms with Crippen molar-refractivity contribution < 1.29 is 19.8 Å². The summed E-state index contributed by atoms with van der Waals surface area (Å²) in [7, 11) is 0. The van der Waals surface area contributed by atoms with E-state index in [1.165, 1.54) is 11.3 Å². The number of hydrogen-bond donors (Lipinski definition) is 2. The first kappa shape index (κ1) is 18.0. The molecule has 0 atom stereocenters. The lowest BCUT2D eigenvalue weighted by Gasteiger charge is -2.03. The fraction of sp³-hybridized carbons (Fsp3) is 0.143. The Kier molecular flexibility index (Phi) is 5.61. The summed E-state index contributed by atoms with van der Waals surface area (Å²) in [4.78, 5) is 25.0. The molecule has 0 aliphatic rings. The first-order valence-electron chi connectivity index (χ1n) is 8.18. The zero-order chi connectivity index (χ0) is 18.5. The van der Waals surface area contributed by atoms with E-state index in [1.54, 1.807) is 18.2 Å². The number of benzene rings is 2. The number of aliphatic hydroxyl groups is 1. The quantitative estimate of drug-likeness (QED) is 0.664. The number of aliphatic hydroxyl groups excluding tert-OH is 1. The number of aromatic carboxylic acids is 1. The SMILES string of the molecule is O=C(Cc1ccc(CO)cc1)Cc1cc(-c2ccccc2)sc1C(=O)O. The highest BCUT2D eigenvalue weighted by molar-refractivity contribution is 7.17. The van der Waals surface area contributed by atoms with Crippen LogP contribution in [0.5, 0.6) is 0 Å². The maximum Gasteiger partial charge on any atom is 0.346 e. The zero-order valence-corrected chi connectivity index (χ0v) is 14.8. The zero-order valence-electron chi connectivity index (χ0n) is 14.0. The van der Waals surface area contributed by atoms with Gasteiger partial charge in [-0.05, 0) is 28.3 Å². The summed E-state index contributed by atoms with van der Waals surface area (Å²) >= 11 is 1.19. The summed E-state index contributed by atoms with van der Waals surface area (Å²) in [6.07, 6.45) is 0.327. The second kappa shape index (κ2) is 8.08. The van der Waals surface area contributed by atoms with Crippen LogP contribution in [0.25, 0.3) is 10.4 Å². The number of rotatable bonds is 7. The van der Waals surface area contributed by atoms with Gasteiger partial charge in [0.2, 0.25) is 0 Å². The van der Waals surface area contributed by atoms with Crippen LogP contribution in [0.2, 0.25) is 0 Å².